The van der Waals surface area contributed by atoms with E-state index < -0.39 is 17.3 Å². The van der Waals surface area contributed by atoms with Gasteiger partial charge in [0.2, 0.25) is 5.91 Å². The maximum Gasteiger partial charge on any atom is 0.419 e. The molecule has 0 bridgehead atoms. The number of carbonyl (C=O) groups excluding carboxylic acids is 3. The molecule has 0 radical (unpaired) electrons. The highest BCUT2D eigenvalue weighted by Crippen LogP contribution is 2.35. The summed E-state index contributed by atoms with van der Waals surface area (Å²) in [7, 11) is 2.08. The number of carbonyl (C=O) groups is 3. The summed E-state index contributed by atoms with van der Waals surface area (Å²) >= 11 is 0. The van der Waals surface area contributed by atoms with Gasteiger partial charge in [-0.05, 0) is 86.9 Å². The molecule has 44 heavy (non-hydrogen) atoms. The fourth-order valence-corrected chi connectivity index (χ4v) is 5.59. The summed E-state index contributed by atoms with van der Waals surface area (Å²) in [5, 5.41) is 6.58. The van der Waals surface area contributed by atoms with Crippen molar-refractivity contribution in [1.82, 2.24) is 19.8 Å². The van der Waals surface area contributed by atoms with Crippen LogP contribution in [-0.2, 0) is 14.3 Å². The van der Waals surface area contributed by atoms with Gasteiger partial charge in [0.25, 0.3) is 0 Å². The first kappa shape index (κ1) is 35.3. The molecule has 2 aromatic rings. The summed E-state index contributed by atoms with van der Waals surface area (Å²) in [6.45, 7) is 12.8. The number of amides is 2. The van der Waals surface area contributed by atoms with Crippen molar-refractivity contribution < 1.29 is 23.9 Å². The number of ether oxygens (including phenoxy) is 2. The third-order valence-corrected chi connectivity index (χ3v) is 7.67. The minimum Gasteiger partial charge on any atom is -0.444 e. The molecule has 1 atom stereocenters. The first-order chi connectivity index (χ1) is 20.7. The molecule has 2 aromatic heterocycles. The first-order valence-electron chi connectivity index (χ1n) is 16.5. The number of nitrogens with zero attached hydrogens (tertiary/aromatic N) is 3. The largest absolute Gasteiger partial charge is 0.444 e. The number of fused-ring (bicyclic) bond motifs is 1. The molecule has 0 saturated carbocycles. The highest BCUT2D eigenvalue weighted by atomic mass is 16.6. The molecule has 0 aliphatic carbocycles. The van der Waals surface area contributed by atoms with Crippen LogP contribution in [0.3, 0.4) is 0 Å². The molecule has 1 fully saturated rings. The first-order valence-corrected chi connectivity index (χ1v) is 16.5. The summed E-state index contributed by atoms with van der Waals surface area (Å²) in [6, 6.07) is 3.93. The molecule has 0 aromatic carbocycles. The molecule has 10 heteroatoms. The smallest absolute Gasteiger partial charge is 0.419 e. The number of pyridine rings is 1. The summed E-state index contributed by atoms with van der Waals surface area (Å²) in [5.74, 6) is 0.376. The molecule has 0 unspecified atom stereocenters. The highest BCUT2D eigenvalue weighted by Gasteiger charge is 2.30. The van der Waals surface area contributed by atoms with Crippen LogP contribution in [-0.4, -0.2) is 63.9 Å². The second kappa shape index (κ2) is 16.3. The molecule has 1 aliphatic heterocycles. The Hall–Kier alpha value is -3.14. The Morgan fingerprint density at radius 1 is 0.886 bits per heavy atom. The Morgan fingerprint density at radius 2 is 1.50 bits per heavy atom. The maximum atomic E-state index is 13.3. The Kier molecular flexibility index (Phi) is 13.1. The number of nitrogens with one attached hydrogen (secondary N) is 2. The van der Waals surface area contributed by atoms with Gasteiger partial charge in [-0.1, -0.05) is 44.9 Å². The van der Waals surface area contributed by atoms with Gasteiger partial charge in [-0.15, -0.1) is 0 Å². The second-order valence-electron chi connectivity index (χ2n) is 14.1. The van der Waals surface area contributed by atoms with Gasteiger partial charge in [0.15, 0.2) is 0 Å². The van der Waals surface area contributed by atoms with Crippen LogP contribution in [0.15, 0.2) is 18.3 Å². The van der Waals surface area contributed by atoms with Crippen molar-refractivity contribution in [2.45, 2.75) is 136 Å². The molecule has 1 aliphatic rings. The van der Waals surface area contributed by atoms with E-state index in [1.807, 2.05) is 47.6 Å². The van der Waals surface area contributed by atoms with E-state index in [0.29, 0.717) is 24.3 Å². The molecular weight excluding hydrogens is 558 g/mol. The number of hydrogen-bond acceptors (Lipinski definition) is 7. The summed E-state index contributed by atoms with van der Waals surface area (Å²) in [5.41, 5.74) is 0.502. The van der Waals surface area contributed by atoms with Gasteiger partial charge in [-0.25, -0.2) is 19.1 Å². The molecular formula is C34H55N5O5. The molecule has 1 saturated heterocycles. The van der Waals surface area contributed by atoms with Gasteiger partial charge in [0, 0.05) is 36.3 Å². The predicted molar refractivity (Wildman–Crippen MR) is 175 cm³/mol. The minimum atomic E-state index is -0.626. The van der Waals surface area contributed by atoms with E-state index in [1.54, 1.807) is 16.8 Å². The van der Waals surface area contributed by atoms with Gasteiger partial charge < -0.3 is 20.1 Å². The zero-order valence-electron chi connectivity index (χ0n) is 28.1. The lowest BCUT2D eigenvalue weighted by Gasteiger charge is -2.24. The van der Waals surface area contributed by atoms with Gasteiger partial charge in [0.1, 0.15) is 17.0 Å². The van der Waals surface area contributed by atoms with Crippen molar-refractivity contribution in [3.63, 3.8) is 0 Å². The number of likely N-dealkylation sites (tertiary alicyclic amines) is 1. The molecule has 3 heterocycles. The fourth-order valence-electron chi connectivity index (χ4n) is 5.59. The highest BCUT2D eigenvalue weighted by molar-refractivity contribution is 5.95. The van der Waals surface area contributed by atoms with E-state index in [9.17, 15) is 14.4 Å². The number of anilines is 1. The molecule has 2 amide bonds. The lowest BCUT2D eigenvalue weighted by molar-refractivity contribution is -0.116. The number of unbranched alkanes of at least 4 members (excludes halogenated alkanes) is 8. The SMILES string of the molecule is CN1CCC[C@H]1c1cc2cnc(NC(=O)CCCCCCCCCCCNC(=O)OC(C)(C)C)cc2n1C(=O)OC(C)(C)C. The third kappa shape index (κ3) is 11.7. The predicted octanol–water partition coefficient (Wildman–Crippen LogP) is 7.95. The Balaban J connectivity index is 1.38. The van der Waals surface area contributed by atoms with Gasteiger partial charge >= 0.3 is 12.2 Å². The number of aromatic nitrogens is 2. The molecule has 2 N–H and O–H groups in total. The second-order valence-corrected chi connectivity index (χ2v) is 14.1. The lowest BCUT2D eigenvalue weighted by Crippen LogP contribution is -2.32. The quantitative estimate of drug-likeness (QED) is 0.208. The Labute approximate surface area is 263 Å². The van der Waals surface area contributed by atoms with E-state index >= 15 is 0 Å². The van der Waals surface area contributed by atoms with Crippen molar-refractivity contribution in [1.29, 1.82) is 0 Å². The zero-order chi connectivity index (χ0) is 32.3. The van der Waals surface area contributed by atoms with Gasteiger partial charge in [0.05, 0.1) is 11.6 Å². The van der Waals surface area contributed by atoms with Crippen LogP contribution in [0, 0.1) is 0 Å². The Bertz CT molecular complexity index is 1240. The van der Waals surface area contributed by atoms with Crippen LogP contribution in [0.5, 0.6) is 0 Å². The number of hydrogen-bond donors (Lipinski definition) is 2. The van der Waals surface area contributed by atoms with Crippen molar-refractivity contribution >= 4 is 34.8 Å². The van der Waals surface area contributed by atoms with E-state index in [2.05, 4.69) is 27.6 Å². The van der Waals surface area contributed by atoms with Crippen LogP contribution >= 0.6 is 0 Å². The van der Waals surface area contributed by atoms with Gasteiger partial charge in [-0.3, -0.25) is 9.69 Å². The maximum absolute atomic E-state index is 13.3. The zero-order valence-corrected chi connectivity index (χ0v) is 28.1. The van der Waals surface area contributed by atoms with Crippen molar-refractivity contribution in [3.05, 3.63) is 24.0 Å². The molecule has 0 spiro atoms. The van der Waals surface area contributed by atoms with Gasteiger partial charge in [-0.2, -0.15) is 0 Å². The normalized spacial score (nSPS) is 15.8. The van der Waals surface area contributed by atoms with Crippen LogP contribution in [0.1, 0.15) is 130 Å². The molecule has 3 rings (SSSR count). The van der Waals surface area contributed by atoms with Crippen molar-refractivity contribution in [2.24, 2.45) is 0 Å². The van der Waals surface area contributed by atoms with Crippen molar-refractivity contribution in [3.8, 4) is 0 Å². The lowest BCUT2D eigenvalue weighted by atomic mass is 10.1. The average molecular weight is 614 g/mol. The monoisotopic (exact) mass is 613 g/mol. The molecule has 246 valence electrons. The Morgan fingerprint density at radius 3 is 2.09 bits per heavy atom. The van der Waals surface area contributed by atoms with E-state index in [4.69, 9.17) is 9.47 Å². The summed E-state index contributed by atoms with van der Waals surface area (Å²) in [6.07, 6.45) is 13.2. The van der Waals surface area contributed by atoms with Crippen molar-refractivity contribution in [2.75, 3.05) is 25.5 Å². The van der Waals surface area contributed by atoms with E-state index in [1.165, 1.54) is 12.8 Å². The standard InChI is InChI=1S/C34H55N5O5/c1-33(2,3)43-31(41)35-20-16-14-12-10-8-9-11-13-15-19-30(40)37-29-23-27-25(24-36-29)22-28(26-18-17-21-38(26)7)39(27)32(42)44-34(4,5)6/h22-24,26H,8-21H2,1-7H3,(H,35,41)(H,36,37,40)/t26-/m0/s1. The summed E-state index contributed by atoms with van der Waals surface area (Å²) < 4.78 is 12.7. The number of rotatable bonds is 14. The number of alkyl carbamates (subject to hydrolysis) is 1. The molecule has 10 nitrogen and oxygen atoms in total. The topological polar surface area (TPSA) is 115 Å². The van der Waals surface area contributed by atoms with Crippen LogP contribution in [0.25, 0.3) is 10.9 Å². The van der Waals surface area contributed by atoms with E-state index in [0.717, 1.165) is 75.4 Å². The van der Waals surface area contributed by atoms with Crippen LogP contribution in [0.4, 0.5) is 15.4 Å². The third-order valence-electron chi connectivity index (χ3n) is 7.67. The summed E-state index contributed by atoms with van der Waals surface area (Å²) in [4.78, 5) is 44.4. The minimum absolute atomic E-state index is 0.0667. The average Bonchev–Trinajstić information content (AvgIpc) is 3.50. The fraction of sp³-hybridized carbons (Fsp3) is 0.706. The van der Waals surface area contributed by atoms with Crippen LogP contribution in [0.2, 0.25) is 0 Å². The van der Waals surface area contributed by atoms with Crippen LogP contribution < -0.4 is 10.6 Å². The van der Waals surface area contributed by atoms with E-state index in [-0.39, 0.29) is 18.0 Å².